The quantitative estimate of drug-likeness (QED) is 0.861. The predicted molar refractivity (Wildman–Crippen MR) is 68.9 cm³/mol. The van der Waals surface area contributed by atoms with Gasteiger partial charge in [0.25, 0.3) is 0 Å². The van der Waals surface area contributed by atoms with Crippen molar-refractivity contribution in [3.05, 3.63) is 34.3 Å². The van der Waals surface area contributed by atoms with Gasteiger partial charge in [0.2, 0.25) is 5.91 Å². The third-order valence-electron chi connectivity index (χ3n) is 3.39. The van der Waals surface area contributed by atoms with E-state index in [1.165, 1.54) is 0 Å². The number of aryl methyl sites for hydroxylation is 1. The summed E-state index contributed by atoms with van der Waals surface area (Å²) in [5, 5.41) is 4.01. The van der Waals surface area contributed by atoms with E-state index in [2.05, 4.69) is 12.2 Å². The summed E-state index contributed by atoms with van der Waals surface area (Å²) < 4.78 is 0. The van der Waals surface area contributed by atoms with E-state index >= 15 is 0 Å². The molecule has 17 heavy (non-hydrogen) atoms. The molecule has 92 valence electrons. The van der Waals surface area contributed by atoms with Gasteiger partial charge in [-0.15, -0.1) is 0 Å². The number of carbonyl (C=O) groups excluding carboxylic acids is 1. The van der Waals surface area contributed by atoms with Crippen molar-refractivity contribution in [1.82, 2.24) is 5.32 Å². The molecule has 3 nitrogen and oxygen atoms in total. The summed E-state index contributed by atoms with van der Waals surface area (Å²) >= 11 is 5.96. The third-order valence-corrected chi connectivity index (χ3v) is 3.63. The Morgan fingerprint density at radius 3 is 3.00 bits per heavy atom. The maximum Gasteiger partial charge on any atom is 0.242 e. The van der Waals surface area contributed by atoms with Crippen LogP contribution in [0.2, 0.25) is 5.02 Å². The van der Waals surface area contributed by atoms with Crippen LogP contribution in [0.1, 0.15) is 30.9 Å². The van der Waals surface area contributed by atoms with Crippen LogP contribution in [0, 0.1) is 0 Å². The fourth-order valence-corrected chi connectivity index (χ4v) is 2.70. The zero-order chi connectivity index (χ0) is 12.5. The van der Waals surface area contributed by atoms with Gasteiger partial charge in [-0.2, -0.15) is 0 Å². The van der Waals surface area contributed by atoms with Gasteiger partial charge in [0, 0.05) is 5.02 Å². The number of nitrogens with two attached hydrogens (primary N) is 1. The number of nitrogens with one attached hydrogen (secondary N) is 1. The van der Waals surface area contributed by atoms with Crippen molar-refractivity contribution in [2.45, 2.75) is 31.7 Å². The number of fused-ring (bicyclic) bond motifs is 1. The highest BCUT2D eigenvalue weighted by Gasteiger charge is 2.43. The van der Waals surface area contributed by atoms with Crippen molar-refractivity contribution >= 4 is 17.5 Å². The lowest BCUT2D eigenvalue weighted by molar-refractivity contribution is -0.124. The number of rotatable bonds is 4. The Balaban J connectivity index is 2.42. The third kappa shape index (κ3) is 2.05. The first kappa shape index (κ1) is 12.4. The number of carbonyl (C=O) groups is 1. The standard InChI is InChI=1S/C13H17ClN2O/c1-2-7-16-13(12(15)17)6-5-9-8-10(14)3-4-11(9)13/h3-4,8,16H,2,5-7H2,1H3,(H2,15,17). The first-order valence-corrected chi connectivity index (χ1v) is 6.32. The monoisotopic (exact) mass is 252 g/mol. The van der Waals surface area contributed by atoms with Gasteiger partial charge in [0.15, 0.2) is 0 Å². The number of primary amides is 1. The molecule has 0 saturated carbocycles. The summed E-state index contributed by atoms with van der Waals surface area (Å²) in [6.45, 7) is 2.85. The van der Waals surface area contributed by atoms with Crippen LogP contribution in [-0.2, 0) is 16.8 Å². The molecule has 0 bridgehead atoms. The number of benzene rings is 1. The molecule has 0 radical (unpaired) electrons. The maximum absolute atomic E-state index is 11.8. The van der Waals surface area contributed by atoms with Crippen molar-refractivity contribution in [2.75, 3.05) is 6.54 Å². The van der Waals surface area contributed by atoms with Crippen molar-refractivity contribution in [1.29, 1.82) is 0 Å². The molecule has 0 spiro atoms. The molecule has 4 heteroatoms. The first-order chi connectivity index (χ1) is 8.10. The van der Waals surface area contributed by atoms with E-state index in [1.807, 2.05) is 18.2 Å². The maximum atomic E-state index is 11.8. The fourth-order valence-electron chi connectivity index (χ4n) is 2.51. The Kier molecular flexibility index (Phi) is 3.40. The number of halogens is 1. The molecule has 0 heterocycles. The molecule has 1 unspecified atom stereocenters. The molecule has 0 saturated heterocycles. The minimum atomic E-state index is -0.698. The molecular formula is C13H17ClN2O. The number of hydrogen-bond acceptors (Lipinski definition) is 2. The van der Waals surface area contributed by atoms with Crippen molar-refractivity contribution < 1.29 is 4.79 Å². The summed E-state index contributed by atoms with van der Waals surface area (Å²) in [6, 6.07) is 5.66. The van der Waals surface area contributed by atoms with Crippen LogP contribution in [-0.4, -0.2) is 12.5 Å². The average Bonchev–Trinajstić information content (AvgIpc) is 2.65. The van der Waals surface area contributed by atoms with E-state index in [4.69, 9.17) is 17.3 Å². The lowest BCUT2D eigenvalue weighted by Crippen LogP contribution is -2.51. The zero-order valence-corrected chi connectivity index (χ0v) is 10.7. The number of hydrogen-bond donors (Lipinski definition) is 2. The minimum absolute atomic E-state index is 0.299. The second-order valence-corrected chi connectivity index (χ2v) is 4.93. The molecule has 1 aromatic rings. The van der Waals surface area contributed by atoms with Gasteiger partial charge in [-0.1, -0.05) is 24.6 Å². The van der Waals surface area contributed by atoms with E-state index < -0.39 is 5.54 Å². The molecule has 1 aliphatic rings. The molecule has 2 rings (SSSR count). The van der Waals surface area contributed by atoms with Crippen LogP contribution in [0.25, 0.3) is 0 Å². The Morgan fingerprint density at radius 1 is 1.59 bits per heavy atom. The van der Waals surface area contributed by atoms with Gasteiger partial charge in [-0.3, -0.25) is 10.1 Å². The van der Waals surface area contributed by atoms with Crippen molar-refractivity contribution in [3.63, 3.8) is 0 Å². The summed E-state index contributed by atoms with van der Waals surface area (Å²) in [5.41, 5.74) is 7.01. The van der Waals surface area contributed by atoms with Crippen LogP contribution < -0.4 is 11.1 Å². The molecular weight excluding hydrogens is 236 g/mol. The molecule has 0 aromatic heterocycles. The average molecular weight is 253 g/mol. The molecule has 3 N–H and O–H groups in total. The van der Waals surface area contributed by atoms with E-state index in [9.17, 15) is 4.79 Å². The van der Waals surface area contributed by atoms with Gasteiger partial charge in [0.05, 0.1) is 0 Å². The predicted octanol–water partition coefficient (Wildman–Crippen LogP) is 1.97. The van der Waals surface area contributed by atoms with E-state index in [0.29, 0.717) is 5.02 Å². The molecule has 0 fully saturated rings. The van der Waals surface area contributed by atoms with E-state index in [1.54, 1.807) is 0 Å². The lowest BCUT2D eigenvalue weighted by atomic mass is 9.91. The fraction of sp³-hybridized carbons (Fsp3) is 0.462. The highest BCUT2D eigenvalue weighted by molar-refractivity contribution is 6.30. The van der Waals surface area contributed by atoms with Gasteiger partial charge >= 0.3 is 0 Å². The second-order valence-electron chi connectivity index (χ2n) is 4.50. The van der Waals surface area contributed by atoms with Crippen molar-refractivity contribution in [3.8, 4) is 0 Å². The first-order valence-electron chi connectivity index (χ1n) is 5.94. The highest BCUT2D eigenvalue weighted by Crippen LogP contribution is 2.38. The highest BCUT2D eigenvalue weighted by atomic mass is 35.5. The Bertz CT molecular complexity index is 447. The van der Waals surface area contributed by atoms with Crippen LogP contribution >= 0.6 is 11.6 Å². The van der Waals surface area contributed by atoms with E-state index in [0.717, 1.165) is 36.9 Å². The molecule has 1 atom stereocenters. The molecule has 1 aliphatic carbocycles. The summed E-state index contributed by atoms with van der Waals surface area (Å²) in [4.78, 5) is 11.8. The second kappa shape index (κ2) is 4.67. The van der Waals surface area contributed by atoms with Gasteiger partial charge in [-0.25, -0.2) is 0 Å². The SMILES string of the molecule is CCCNC1(C(N)=O)CCc2cc(Cl)ccc21. The number of amides is 1. The summed E-state index contributed by atoms with van der Waals surface area (Å²) in [7, 11) is 0. The van der Waals surface area contributed by atoms with Gasteiger partial charge in [-0.05, 0) is 49.1 Å². The normalized spacial score (nSPS) is 22.5. The topological polar surface area (TPSA) is 55.1 Å². The molecule has 0 aliphatic heterocycles. The Labute approximate surface area is 106 Å². The Hall–Kier alpha value is -1.06. The van der Waals surface area contributed by atoms with Crippen LogP contribution in [0.15, 0.2) is 18.2 Å². The smallest absolute Gasteiger partial charge is 0.242 e. The molecule has 1 amide bonds. The molecule has 1 aromatic carbocycles. The van der Waals surface area contributed by atoms with E-state index in [-0.39, 0.29) is 5.91 Å². The van der Waals surface area contributed by atoms with Crippen LogP contribution in [0.3, 0.4) is 0 Å². The summed E-state index contributed by atoms with van der Waals surface area (Å²) in [6.07, 6.45) is 2.53. The summed E-state index contributed by atoms with van der Waals surface area (Å²) in [5.74, 6) is -0.299. The Morgan fingerprint density at radius 2 is 2.35 bits per heavy atom. The largest absolute Gasteiger partial charge is 0.368 e. The van der Waals surface area contributed by atoms with Gasteiger partial charge < -0.3 is 5.73 Å². The zero-order valence-electron chi connectivity index (χ0n) is 9.92. The van der Waals surface area contributed by atoms with Crippen LogP contribution in [0.5, 0.6) is 0 Å². The van der Waals surface area contributed by atoms with Gasteiger partial charge in [0.1, 0.15) is 5.54 Å². The lowest BCUT2D eigenvalue weighted by Gasteiger charge is -2.28. The van der Waals surface area contributed by atoms with Crippen LogP contribution in [0.4, 0.5) is 0 Å². The minimum Gasteiger partial charge on any atom is -0.368 e. The van der Waals surface area contributed by atoms with Crippen molar-refractivity contribution in [2.24, 2.45) is 5.73 Å².